The highest BCUT2D eigenvalue weighted by Crippen LogP contribution is 2.25. The summed E-state index contributed by atoms with van der Waals surface area (Å²) in [5.74, 6) is -0.658. The quantitative estimate of drug-likeness (QED) is 0.722. The molecule has 162 valence electrons. The highest BCUT2D eigenvalue weighted by molar-refractivity contribution is 7.89. The van der Waals surface area contributed by atoms with Crippen LogP contribution in [0.25, 0.3) is 0 Å². The van der Waals surface area contributed by atoms with Crippen LogP contribution in [-0.4, -0.2) is 44.8 Å². The predicted octanol–water partition coefficient (Wildman–Crippen LogP) is 3.77. The average Bonchev–Trinajstić information content (AvgIpc) is 2.74. The van der Waals surface area contributed by atoms with E-state index in [9.17, 15) is 17.6 Å². The first-order valence-electron chi connectivity index (χ1n) is 10.2. The highest BCUT2D eigenvalue weighted by atomic mass is 32.2. The van der Waals surface area contributed by atoms with Crippen LogP contribution in [0.4, 0.5) is 15.8 Å². The van der Waals surface area contributed by atoms with Gasteiger partial charge in [0.05, 0.1) is 11.4 Å². The summed E-state index contributed by atoms with van der Waals surface area (Å²) in [6.45, 7) is 5.31. The fourth-order valence-corrected chi connectivity index (χ4v) is 5.12. The summed E-state index contributed by atoms with van der Waals surface area (Å²) in [5, 5.41) is 2.82. The van der Waals surface area contributed by atoms with Crippen LogP contribution in [0.15, 0.2) is 47.4 Å². The second-order valence-corrected chi connectivity index (χ2v) is 9.42. The number of aryl methyl sites for hydroxylation is 1. The molecule has 1 saturated heterocycles. The third kappa shape index (κ3) is 5.17. The number of likely N-dealkylation sites (N-methyl/N-ethyl adjacent to an activating group) is 1. The highest BCUT2D eigenvalue weighted by Gasteiger charge is 2.26. The predicted molar refractivity (Wildman–Crippen MR) is 117 cm³/mol. The molecule has 0 bridgehead atoms. The molecule has 0 aliphatic carbocycles. The van der Waals surface area contributed by atoms with Gasteiger partial charge in [-0.15, -0.1) is 0 Å². The number of sulfonamides is 1. The lowest BCUT2D eigenvalue weighted by Crippen LogP contribution is -2.35. The smallest absolute Gasteiger partial charge is 0.243 e. The Morgan fingerprint density at radius 2 is 1.87 bits per heavy atom. The number of carbonyl (C=O) groups is 1. The maximum absolute atomic E-state index is 13.5. The Morgan fingerprint density at radius 1 is 1.13 bits per heavy atom. The molecule has 0 saturated carbocycles. The van der Waals surface area contributed by atoms with Crippen LogP contribution >= 0.6 is 0 Å². The van der Waals surface area contributed by atoms with E-state index in [-0.39, 0.29) is 23.2 Å². The van der Waals surface area contributed by atoms with Crippen LogP contribution in [0.1, 0.15) is 31.7 Å². The number of halogens is 1. The van der Waals surface area contributed by atoms with Gasteiger partial charge >= 0.3 is 0 Å². The maximum Gasteiger partial charge on any atom is 0.243 e. The molecule has 1 fully saturated rings. The molecule has 8 heteroatoms. The number of piperidine rings is 1. The van der Waals surface area contributed by atoms with E-state index >= 15 is 0 Å². The summed E-state index contributed by atoms with van der Waals surface area (Å²) in [6.07, 6.45) is 2.77. The fraction of sp³-hybridized carbons (Fsp3) is 0.409. The molecule has 2 aromatic carbocycles. The Bertz CT molecular complexity index is 1000. The van der Waals surface area contributed by atoms with Gasteiger partial charge in [-0.05, 0) is 62.6 Å². The zero-order valence-corrected chi connectivity index (χ0v) is 18.2. The van der Waals surface area contributed by atoms with Crippen LogP contribution < -0.4 is 10.2 Å². The van der Waals surface area contributed by atoms with Gasteiger partial charge in [-0.1, -0.05) is 18.6 Å². The first kappa shape index (κ1) is 22.2. The van der Waals surface area contributed by atoms with Crippen LogP contribution in [0.5, 0.6) is 0 Å². The van der Waals surface area contributed by atoms with Crippen molar-refractivity contribution < 1.29 is 17.6 Å². The lowest BCUT2D eigenvalue weighted by molar-refractivity contribution is -0.115. The normalized spacial score (nSPS) is 15.0. The maximum atomic E-state index is 13.5. The average molecular weight is 434 g/mol. The monoisotopic (exact) mass is 433 g/mol. The van der Waals surface area contributed by atoms with Crippen molar-refractivity contribution in [2.24, 2.45) is 0 Å². The van der Waals surface area contributed by atoms with Crippen molar-refractivity contribution in [3.05, 3.63) is 53.8 Å². The van der Waals surface area contributed by atoms with Crippen molar-refractivity contribution in [1.82, 2.24) is 4.31 Å². The summed E-state index contributed by atoms with van der Waals surface area (Å²) >= 11 is 0. The van der Waals surface area contributed by atoms with E-state index in [0.717, 1.165) is 24.8 Å². The third-order valence-electron chi connectivity index (χ3n) is 5.33. The second-order valence-electron chi connectivity index (χ2n) is 7.48. The van der Waals surface area contributed by atoms with E-state index in [1.807, 2.05) is 13.8 Å². The number of hydrogen-bond acceptors (Lipinski definition) is 4. The molecule has 1 N–H and O–H groups in total. The van der Waals surface area contributed by atoms with E-state index < -0.39 is 10.0 Å². The van der Waals surface area contributed by atoms with E-state index in [1.165, 1.54) is 22.5 Å². The van der Waals surface area contributed by atoms with Crippen molar-refractivity contribution in [3.63, 3.8) is 0 Å². The largest absolute Gasteiger partial charge is 0.362 e. The topological polar surface area (TPSA) is 69.7 Å². The zero-order valence-electron chi connectivity index (χ0n) is 17.4. The molecule has 1 aliphatic heterocycles. The molecular formula is C22H28FN3O3S. The molecule has 0 aromatic heterocycles. The molecule has 0 atom stereocenters. The number of anilines is 2. The van der Waals surface area contributed by atoms with Gasteiger partial charge in [0.2, 0.25) is 15.9 Å². The molecule has 6 nitrogen and oxygen atoms in total. The third-order valence-corrected chi connectivity index (χ3v) is 7.22. The van der Waals surface area contributed by atoms with Crippen LogP contribution in [0, 0.1) is 12.7 Å². The molecule has 0 unspecified atom stereocenters. The minimum atomic E-state index is -3.58. The molecule has 0 spiro atoms. The second kappa shape index (κ2) is 9.57. The summed E-state index contributed by atoms with van der Waals surface area (Å²) in [4.78, 5) is 14.6. The Kier molecular flexibility index (Phi) is 7.10. The van der Waals surface area contributed by atoms with Gasteiger partial charge in [0.25, 0.3) is 0 Å². The minimum Gasteiger partial charge on any atom is -0.362 e. The zero-order chi connectivity index (χ0) is 21.7. The van der Waals surface area contributed by atoms with Crippen LogP contribution in [0.3, 0.4) is 0 Å². The first-order chi connectivity index (χ1) is 14.3. The van der Waals surface area contributed by atoms with Gasteiger partial charge in [0.1, 0.15) is 5.82 Å². The standard InChI is InChI=1S/C22H28FN3O3S/c1-3-25(19-9-7-8-18(23)14-19)16-22(27)24-21-15-20(11-10-17(21)2)30(28,29)26-12-5-4-6-13-26/h7-11,14-15H,3-6,12-13,16H2,1-2H3,(H,24,27). The van der Waals surface area contributed by atoms with E-state index in [0.29, 0.717) is 31.0 Å². The van der Waals surface area contributed by atoms with Crippen LogP contribution in [-0.2, 0) is 14.8 Å². The molecular weight excluding hydrogens is 405 g/mol. The molecule has 1 heterocycles. The van der Waals surface area contributed by atoms with E-state index in [1.54, 1.807) is 29.2 Å². The number of carbonyl (C=O) groups excluding carboxylic acids is 1. The summed E-state index contributed by atoms with van der Waals surface area (Å²) in [7, 11) is -3.58. The van der Waals surface area contributed by atoms with E-state index in [2.05, 4.69) is 5.32 Å². The van der Waals surface area contributed by atoms with Gasteiger partial charge in [0.15, 0.2) is 0 Å². The summed E-state index contributed by atoms with van der Waals surface area (Å²) < 4.78 is 40.9. The number of nitrogens with one attached hydrogen (secondary N) is 1. The number of rotatable bonds is 7. The van der Waals surface area contributed by atoms with Crippen molar-refractivity contribution in [1.29, 1.82) is 0 Å². The van der Waals surface area contributed by atoms with Crippen molar-refractivity contribution in [2.45, 2.75) is 38.0 Å². The Labute approximate surface area is 177 Å². The number of hydrogen-bond donors (Lipinski definition) is 1. The first-order valence-corrected chi connectivity index (χ1v) is 11.7. The Hall–Kier alpha value is -2.45. The van der Waals surface area contributed by atoms with Crippen molar-refractivity contribution in [2.75, 3.05) is 36.4 Å². The fourth-order valence-electron chi connectivity index (χ4n) is 3.57. The van der Waals surface area contributed by atoms with Gasteiger partial charge < -0.3 is 10.2 Å². The minimum absolute atomic E-state index is 0.0303. The lowest BCUT2D eigenvalue weighted by atomic mass is 10.2. The molecule has 3 rings (SSSR count). The van der Waals surface area contributed by atoms with Crippen molar-refractivity contribution >= 4 is 27.3 Å². The van der Waals surface area contributed by atoms with Gasteiger partial charge in [-0.25, -0.2) is 12.8 Å². The summed E-state index contributed by atoms with van der Waals surface area (Å²) in [6, 6.07) is 10.9. The number of benzene rings is 2. The van der Waals surface area contributed by atoms with Gasteiger partial charge in [-0.2, -0.15) is 4.31 Å². The number of nitrogens with zero attached hydrogens (tertiary/aromatic N) is 2. The van der Waals surface area contributed by atoms with Gasteiger partial charge in [0, 0.05) is 31.0 Å². The van der Waals surface area contributed by atoms with E-state index in [4.69, 9.17) is 0 Å². The van der Waals surface area contributed by atoms with Gasteiger partial charge in [-0.3, -0.25) is 4.79 Å². The number of amides is 1. The lowest BCUT2D eigenvalue weighted by Gasteiger charge is -2.26. The Morgan fingerprint density at radius 3 is 2.53 bits per heavy atom. The van der Waals surface area contributed by atoms with Crippen molar-refractivity contribution in [3.8, 4) is 0 Å². The molecule has 2 aromatic rings. The summed E-state index contributed by atoms with van der Waals surface area (Å²) in [5.41, 5.74) is 1.86. The Balaban J connectivity index is 1.75. The molecule has 1 amide bonds. The molecule has 30 heavy (non-hydrogen) atoms. The molecule has 0 radical (unpaired) electrons. The van der Waals surface area contributed by atoms with Crippen LogP contribution in [0.2, 0.25) is 0 Å². The molecule has 1 aliphatic rings. The SMILES string of the molecule is CCN(CC(=O)Nc1cc(S(=O)(=O)N2CCCCC2)ccc1C)c1cccc(F)c1.